The van der Waals surface area contributed by atoms with E-state index in [1.807, 2.05) is 30.3 Å². The van der Waals surface area contributed by atoms with Crippen molar-refractivity contribution in [3.8, 4) is 0 Å². The van der Waals surface area contributed by atoms with Crippen LogP contribution in [0.5, 0.6) is 0 Å². The van der Waals surface area contributed by atoms with Crippen molar-refractivity contribution in [2.45, 2.75) is 6.42 Å². The SMILES string of the molecule is O=C(NCCc1ccccc1)c1cccc(NC2=C(Cl)C(=O)N(c3ccc(F)cc3)C2=O)c1. The van der Waals surface area contributed by atoms with Crippen LogP contribution in [0, 0.1) is 5.82 Å². The highest BCUT2D eigenvalue weighted by Crippen LogP contribution is 2.30. The number of carbonyl (C=O) groups is 3. The molecule has 0 bridgehead atoms. The minimum absolute atomic E-state index is 0.118. The summed E-state index contributed by atoms with van der Waals surface area (Å²) < 4.78 is 13.2. The molecule has 4 rings (SSSR count). The van der Waals surface area contributed by atoms with E-state index >= 15 is 0 Å². The van der Waals surface area contributed by atoms with Gasteiger partial charge in [-0.25, -0.2) is 9.29 Å². The van der Waals surface area contributed by atoms with Gasteiger partial charge in [0, 0.05) is 17.8 Å². The maximum absolute atomic E-state index is 13.2. The molecule has 2 N–H and O–H groups in total. The molecular formula is C25H19ClFN3O3. The highest BCUT2D eigenvalue weighted by molar-refractivity contribution is 6.53. The molecule has 0 aromatic heterocycles. The van der Waals surface area contributed by atoms with Crippen molar-refractivity contribution in [2.75, 3.05) is 16.8 Å². The van der Waals surface area contributed by atoms with Crippen molar-refractivity contribution in [1.82, 2.24) is 5.32 Å². The predicted molar refractivity (Wildman–Crippen MR) is 124 cm³/mol. The second-order valence-electron chi connectivity index (χ2n) is 7.31. The number of amides is 3. The molecule has 0 spiro atoms. The van der Waals surface area contributed by atoms with Crippen LogP contribution in [0.25, 0.3) is 0 Å². The third-order valence-electron chi connectivity index (χ3n) is 5.05. The van der Waals surface area contributed by atoms with Crippen molar-refractivity contribution in [2.24, 2.45) is 0 Å². The minimum atomic E-state index is -0.717. The lowest BCUT2D eigenvalue weighted by atomic mass is 10.1. The van der Waals surface area contributed by atoms with Gasteiger partial charge in [-0.2, -0.15) is 0 Å². The summed E-state index contributed by atoms with van der Waals surface area (Å²) in [5, 5.41) is 5.41. The number of anilines is 2. The van der Waals surface area contributed by atoms with Crippen LogP contribution in [-0.2, 0) is 16.0 Å². The topological polar surface area (TPSA) is 78.5 Å². The van der Waals surface area contributed by atoms with E-state index in [9.17, 15) is 18.8 Å². The molecular weight excluding hydrogens is 445 g/mol. The number of nitrogens with zero attached hydrogens (tertiary/aromatic N) is 1. The Bertz CT molecular complexity index is 1240. The standard InChI is InChI=1S/C25H19ClFN3O3/c26-21-22(25(33)30(24(21)32)20-11-9-18(27)10-12-20)29-19-8-4-7-17(15-19)23(31)28-14-13-16-5-2-1-3-6-16/h1-12,15,29H,13-14H2,(H,28,31). The Hall–Kier alpha value is -3.97. The molecule has 3 aromatic rings. The van der Waals surface area contributed by atoms with Gasteiger partial charge >= 0.3 is 0 Å². The highest BCUT2D eigenvalue weighted by atomic mass is 35.5. The second-order valence-corrected chi connectivity index (χ2v) is 7.69. The average Bonchev–Trinajstić information content (AvgIpc) is 3.03. The third kappa shape index (κ3) is 4.94. The van der Waals surface area contributed by atoms with E-state index in [4.69, 9.17) is 11.6 Å². The van der Waals surface area contributed by atoms with E-state index in [1.165, 1.54) is 12.1 Å². The van der Waals surface area contributed by atoms with Crippen LogP contribution in [0.4, 0.5) is 15.8 Å². The van der Waals surface area contributed by atoms with Crippen LogP contribution in [0.2, 0.25) is 0 Å². The highest BCUT2D eigenvalue weighted by Gasteiger charge is 2.39. The third-order valence-corrected chi connectivity index (χ3v) is 5.40. The summed E-state index contributed by atoms with van der Waals surface area (Å²) in [6.45, 7) is 0.469. The molecule has 0 fully saturated rings. The van der Waals surface area contributed by atoms with Crippen LogP contribution in [0.1, 0.15) is 15.9 Å². The van der Waals surface area contributed by atoms with Crippen LogP contribution < -0.4 is 15.5 Å². The van der Waals surface area contributed by atoms with E-state index in [1.54, 1.807) is 24.3 Å². The normalized spacial score (nSPS) is 13.5. The summed E-state index contributed by atoms with van der Waals surface area (Å²) in [5.41, 5.74) is 2.00. The van der Waals surface area contributed by atoms with E-state index in [-0.39, 0.29) is 22.3 Å². The lowest BCUT2D eigenvalue weighted by Gasteiger charge is -2.15. The van der Waals surface area contributed by atoms with Gasteiger partial charge in [-0.15, -0.1) is 0 Å². The maximum atomic E-state index is 13.2. The van der Waals surface area contributed by atoms with Crippen molar-refractivity contribution >= 4 is 40.7 Å². The molecule has 0 radical (unpaired) electrons. The molecule has 0 atom stereocenters. The van der Waals surface area contributed by atoms with Gasteiger partial charge in [0.2, 0.25) is 0 Å². The summed E-state index contributed by atoms with van der Waals surface area (Å²) in [4.78, 5) is 38.8. The molecule has 0 unspecified atom stereocenters. The fraction of sp³-hybridized carbons (Fsp3) is 0.0800. The van der Waals surface area contributed by atoms with Crippen LogP contribution in [0.15, 0.2) is 89.6 Å². The summed E-state index contributed by atoms with van der Waals surface area (Å²) in [6.07, 6.45) is 0.697. The molecule has 0 saturated heterocycles. The number of hydrogen-bond donors (Lipinski definition) is 2. The van der Waals surface area contributed by atoms with Gasteiger partial charge in [0.15, 0.2) is 0 Å². The molecule has 6 nitrogen and oxygen atoms in total. The Kier molecular flexibility index (Phi) is 6.51. The predicted octanol–water partition coefficient (Wildman–Crippen LogP) is 4.23. The van der Waals surface area contributed by atoms with Gasteiger partial charge in [-0.1, -0.05) is 48.0 Å². The smallest absolute Gasteiger partial charge is 0.283 e. The van der Waals surface area contributed by atoms with Crippen LogP contribution in [0.3, 0.4) is 0 Å². The van der Waals surface area contributed by atoms with Gasteiger partial charge in [0.25, 0.3) is 17.7 Å². The Morgan fingerprint density at radius 2 is 1.64 bits per heavy atom. The maximum Gasteiger partial charge on any atom is 0.283 e. The zero-order chi connectivity index (χ0) is 23.4. The van der Waals surface area contributed by atoms with Crippen LogP contribution >= 0.6 is 11.6 Å². The zero-order valence-electron chi connectivity index (χ0n) is 17.3. The molecule has 1 aliphatic rings. The lowest BCUT2D eigenvalue weighted by Crippen LogP contribution is -2.32. The summed E-state index contributed by atoms with van der Waals surface area (Å²) in [7, 11) is 0. The van der Waals surface area contributed by atoms with Crippen molar-refractivity contribution in [3.05, 3.63) is 107 Å². The van der Waals surface area contributed by atoms with E-state index < -0.39 is 17.6 Å². The molecule has 33 heavy (non-hydrogen) atoms. The summed E-state index contributed by atoms with van der Waals surface area (Å²) in [5.74, 6) is -2.15. The number of benzene rings is 3. The quantitative estimate of drug-likeness (QED) is 0.514. The first-order valence-corrected chi connectivity index (χ1v) is 10.5. The second kappa shape index (κ2) is 9.67. The number of rotatable bonds is 7. The Balaban J connectivity index is 1.44. The first-order valence-electron chi connectivity index (χ1n) is 10.2. The Morgan fingerprint density at radius 1 is 0.909 bits per heavy atom. The van der Waals surface area contributed by atoms with E-state index in [0.717, 1.165) is 22.6 Å². The average molecular weight is 464 g/mol. The number of carbonyl (C=O) groups excluding carboxylic acids is 3. The number of nitrogens with one attached hydrogen (secondary N) is 2. The molecule has 1 heterocycles. The van der Waals surface area contributed by atoms with Crippen LogP contribution in [-0.4, -0.2) is 24.3 Å². The van der Waals surface area contributed by atoms with E-state index in [0.29, 0.717) is 24.2 Å². The summed E-state index contributed by atoms with van der Waals surface area (Å²) >= 11 is 6.13. The van der Waals surface area contributed by atoms with Gasteiger partial charge in [-0.05, 0) is 54.4 Å². The van der Waals surface area contributed by atoms with Crippen molar-refractivity contribution in [3.63, 3.8) is 0 Å². The lowest BCUT2D eigenvalue weighted by molar-refractivity contribution is -0.120. The number of hydrogen-bond acceptors (Lipinski definition) is 4. The molecule has 0 aliphatic carbocycles. The molecule has 3 amide bonds. The zero-order valence-corrected chi connectivity index (χ0v) is 18.1. The number of imide groups is 1. The first kappa shape index (κ1) is 22.2. The van der Waals surface area contributed by atoms with Gasteiger partial charge < -0.3 is 10.6 Å². The van der Waals surface area contributed by atoms with E-state index in [2.05, 4.69) is 10.6 Å². The first-order chi connectivity index (χ1) is 15.9. The molecule has 1 aliphatic heterocycles. The van der Waals surface area contributed by atoms with Gasteiger partial charge in [0.1, 0.15) is 16.5 Å². The Labute approximate surface area is 194 Å². The summed E-state index contributed by atoms with van der Waals surface area (Å²) in [6, 6.07) is 21.2. The molecule has 166 valence electrons. The Morgan fingerprint density at radius 3 is 2.36 bits per heavy atom. The molecule has 3 aromatic carbocycles. The van der Waals surface area contributed by atoms with Gasteiger partial charge in [-0.3, -0.25) is 14.4 Å². The van der Waals surface area contributed by atoms with Gasteiger partial charge in [0.05, 0.1) is 5.69 Å². The fourth-order valence-corrected chi connectivity index (χ4v) is 3.60. The monoisotopic (exact) mass is 463 g/mol. The largest absolute Gasteiger partial charge is 0.352 e. The fourth-order valence-electron chi connectivity index (χ4n) is 3.39. The number of halogens is 2. The van der Waals surface area contributed by atoms with Crippen molar-refractivity contribution < 1.29 is 18.8 Å². The minimum Gasteiger partial charge on any atom is -0.352 e. The van der Waals surface area contributed by atoms with Crippen molar-refractivity contribution in [1.29, 1.82) is 0 Å². The molecule has 8 heteroatoms. The molecule has 0 saturated carbocycles.